The first-order valence-electron chi connectivity index (χ1n) is 7.39. The molecule has 1 aromatic carbocycles. The SMILES string of the molecule is COC1(/C(C)=N\OC(=O)Nc2ccc(Cl)cc2)CCCCC1. The number of carbonyl (C=O) groups is 1. The van der Waals surface area contributed by atoms with E-state index in [4.69, 9.17) is 21.2 Å². The molecule has 120 valence electrons. The van der Waals surface area contributed by atoms with Crippen LogP contribution in [-0.4, -0.2) is 24.5 Å². The third-order valence-corrected chi connectivity index (χ3v) is 4.32. The van der Waals surface area contributed by atoms with Gasteiger partial charge in [0.15, 0.2) is 0 Å². The van der Waals surface area contributed by atoms with Crippen LogP contribution < -0.4 is 5.32 Å². The number of methoxy groups -OCH3 is 1. The van der Waals surface area contributed by atoms with Crippen LogP contribution in [0.4, 0.5) is 10.5 Å². The molecule has 0 aliphatic heterocycles. The molecule has 5 nitrogen and oxygen atoms in total. The minimum atomic E-state index is -0.635. The van der Waals surface area contributed by atoms with E-state index in [1.165, 1.54) is 6.42 Å². The summed E-state index contributed by atoms with van der Waals surface area (Å²) in [5, 5.41) is 7.15. The lowest BCUT2D eigenvalue weighted by molar-refractivity contribution is 0.0160. The summed E-state index contributed by atoms with van der Waals surface area (Å²) in [6.07, 6.45) is 4.57. The average Bonchev–Trinajstić information content (AvgIpc) is 2.55. The number of hydrogen-bond acceptors (Lipinski definition) is 4. The fourth-order valence-corrected chi connectivity index (χ4v) is 2.83. The van der Waals surface area contributed by atoms with Crippen LogP contribution >= 0.6 is 11.6 Å². The summed E-state index contributed by atoms with van der Waals surface area (Å²) in [7, 11) is 1.68. The van der Waals surface area contributed by atoms with Gasteiger partial charge in [-0.05, 0) is 44.0 Å². The first-order chi connectivity index (χ1) is 10.6. The molecule has 1 aromatic rings. The highest BCUT2D eigenvalue weighted by atomic mass is 35.5. The number of rotatable bonds is 4. The molecule has 1 N–H and O–H groups in total. The Kier molecular flexibility index (Phi) is 5.80. The van der Waals surface area contributed by atoms with E-state index in [-0.39, 0.29) is 0 Å². The van der Waals surface area contributed by atoms with Gasteiger partial charge in [-0.3, -0.25) is 10.2 Å². The third-order valence-electron chi connectivity index (χ3n) is 4.07. The van der Waals surface area contributed by atoms with Crippen molar-refractivity contribution in [3.63, 3.8) is 0 Å². The van der Waals surface area contributed by atoms with Crippen molar-refractivity contribution in [3.8, 4) is 0 Å². The maximum Gasteiger partial charge on any atom is 0.437 e. The zero-order valence-electron chi connectivity index (χ0n) is 12.9. The lowest BCUT2D eigenvalue weighted by Gasteiger charge is -2.35. The highest BCUT2D eigenvalue weighted by Gasteiger charge is 2.35. The molecule has 2 rings (SSSR count). The largest absolute Gasteiger partial charge is 0.437 e. The van der Waals surface area contributed by atoms with Gasteiger partial charge in [-0.25, -0.2) is 4.79 Å². The fraction of sp³-hybridized carbons (Fsp3) is 0.500. The van der Waals surface area contributed by atoms with Crippen molar-refractivity contribution in [1.82, 2.24) is 0 Å². The molecule has 0 bridgehead atoms. The molecule has 6 heteroatoms. The maximum atomic E-state index is 11.8. The molecule has 0 radical (unpaired) electrons. The normalized spacial score (nSPS) is 17.9. The standard InChI is InChI=1S/C16H21ClN2O3/c1-12(16(21-2)10-4-3-5-11-16)19-22-15(20)18-14-8-6-13(17)7-9-14/h6-9H,3-5,10-11H2,1-2H3,(H,18,20)/b19-12-. The Morgan fingerprint density at radius 1 is 1.23 bits per heavy atom. The van der Waals surface area contributed by atoms with Crippen molar-refractivity contribution in [2.45, 2.75) is 44.6 Å². The van der Waals surface area contributed by atoms with Gasteiger partial charge in [0, 0.05) is 17.8 Å². The molecule has 0 heterocycles. The minimum Gasteiger partial charge on any atom is -0.372 e. The van der Waals surface area contributed by atoms with Crippen molar-refractivity contribution in [2.75, 3.05) is 12.4 Å². The Balaban J connectivity index is 1.94. The van der Waals surface area contributed by atoms with E-state index in [9.17, 15) is 4.79 Å². The predicted molar refractivity (Wildman–Crippen MR) is 87.5 cm³/mol. The first kappa shape index (κ1) is 16.8. The Labute approximate surface area is 135 Å². The van der Waals surface area contributed by atoms with E-state index in [2.05, 4.69) is 10.5 Å². The summed E-state index contributed by atoms with van der Waals surface area (Å²) in [5.41, 5.74) is 0.890. The molecule has 0 atom stereocenters. The summed E-state index contributed by atoms with van der Waals surface area (Å²) in [6, 6.07) is 6.76. The minimum absolute atomic E-state index is 0.404. The van der Waals surface area contributed by atoms with Gasteiger partial charge in [0.1, 0.15) is 5.60 Å². The lowest BCUT2D eigenvalue weighted by atomic mass is 9.81. The molecule has 1 aliphatic rings. The fourth-order valence-electron chi connectivity index (χ4n) is 2.70. The second-order valence-electron chi connectivity index (χ2n) is 5.45. The molecule has 1 saturated carbocycles. The lowest BCUT2D eigenvalue weighted by Crippen LogP contribution is -2.41. The quantitative estimate of drug-likeness (QED) is 0.499. The zero-order chi connectivity index (χ0) is 16.0. The van der Waals surface area contributed by atoms with E-state index in [0.717, 1.165) is 25.7 Å². The van der Waals surface area contributed by atoms with E-state index in [1.54, 1.807) is 31.4 Å². The average molecular weight is 325 g/mol. The van der Waals surface area contributed by atoms with Crippen molar-refractivity contribution in [3.05, 3.63) is 29.3 Å². The molecule has 0 unspecified atom stereocenters. The molecule has 1 fully saturated rings. The van der Waals surface area contributed by atoms with Crippen LogP contribution in [0.5, 0.6) is 0 Å². The summed E-state index contributed by atoms with van der Waals surface area (Å²) < 4.78 is 5.65. The Bertz CT molecular complexity index is 537. The number of nitrogens with one attached hydrogen (secondary N) is 1. The van der Waals surface area contributed by atoms with Crippen LogP contribution in [0.25, 0.3) is 0 Å². The molecule has 1 amide bonds. The van der Waals surface area contributed by atoms with Gasteiger partial charge in [0.2, 0.25) is 0 Å². The van der Waals surface area contributed by atoms with E-state index >= 15 is 0 Å². The first-order valence-corrected chi connectivity index (χ1v) is 7.77. The summed E-state index contributed by atoms with van der Waals surface area (Å²) in [6.45, 7) is 1.84. The molecule has 0 aromatic heterocycles. The van der Waals surface area contributed by atoms with Crippen molar-refractivity contribution < 1.29 is 14.4 Å². The summed E-state index contributed by atoms with van der Waals surface area (Å²) in [5.74, 6) is 0. The molecular formula is C16H21ClN2O3. The highest BCUT2D eigenvalue weighted by Crippen LogP contribution is 2.32. The Morgan fingerprint density at radius 3 is 2.45 bits per heavy atom. The van der Waals surface area contributed by atoms with Crippen molar-refractivity contribution >= 4 is 29.1 Å². The van der Waals surface area contributed by atoms with Crippen LogP contribution in [-0.2, 0) is 9.57 Å². The van der Waals surface area contributed by atoms with Gasteiger partial charge in [0.05, 0.1) is 5.71 Å². The van der Waals surface area contributed by atoms with Gasteiger partial charge < -0.3 is 4.74 Å². The van der Waals surface area contributed by atoms with Crippen LogP contribution in [0.1, 0.15) is 39.0 Å². The number of anilines is 1. The van der Waals surface area contributed by atoms with Crippen LogP contribution in [0.2, 0.25) is 5.02 Å². The van der Waals surface area contributed by atoms with Gasteiger partial charge in [0.25, 0.3) is 0 Å². The maximum absolute atomic E-state index is 11.8. The number of halogens is 1. The van der Waals surface area contributed by atoms with E-state index in [0.29, 0.717) is 16.4 Å². The van der Waals surface area contributed by atoms with E-state index < -0.39 is 11.7 Å². The molecule has 1 aliphatic carbocycles. The van der Waals surface area contributed by atoms with Crippen molar-refractivity contribution in [2.24, 2.45) is 5.16 Å². The number of nitrogens with zero attached hydrogens (tertiary/aromatic N) is 1. The van der Waals surface area contributed by atoms with Crippen LogP contribution in [0.15, 0.2) is 29.4 Å². The number of hydrogen-bond donors (Lipinski definition) is 1. The van der Waals surface area contributed by atoms with Gasteiger partial charge >= 0.3 is 6.09 Å². The molecule has 0 saturated heterocycles. The topological polar surface area (TPSA) is 59.9 Å². The van der Waals surface area contributed by atoms with Crippen LogP contribution in [0.3, 0.4) is 0 Å². The second kappa shape index (κ2) is 7.61. The van der Waals surface area contributed by atoms with E-state index in [1.807, 2.05) is 6.92 Å². The zero-order valence-corrected chi connectivity index (χ0v) is 13.7. The molecule has 0 spiro atoms. The monoisotopic (exact) mass is 324 g/mol. The van der Waals surface area contributed by atoms with Gasteiger partial charge in [-0.15, -0.1) is 0 Å². The second-order valence-corrected chi connectivity index (χ2v) is 5.88. The number of ether oxygens (including phenoxy) is 1. The summed E-state index contributed by atoms with van der Waals surface area (Å²) in [4.78, 5) is 16.7. The number of oxime groups is 1. The number of carbonyl (C=O) groups excluding carboxylic acids is 1. The highest BCUT2D eigenvalue weighted by molar-refractivity contribution is 6.30. The van der Waals surface area contributed by atoms with Crippen LogP contribution in [0, 0.1) is 0 Å². The molecular weight excluding hydrogens is 304 g/mol. The Hall–Kier alpha value is -1.59. The third kappa shape index (κ3) is 4.21. The Morgan fingerprint density at radius 2 is 1.86 bits per heavy atom. The number of amides is 1. The predicted octanol–water partition coefficient (Wildman–Crippen LogP) is 4.61. The van der Waals surface area contributed by atoms with Gasteiger partial charge in [-0.2, -0.15) is 0 Å². The summed E-state index contributed by atoms with van der Waals surface area (Å²) >= 11 is 5.79. The molecule has 22 heavy (non-hydrogen) atoms. The van der Waals surface area contributed by atoms with Gasteiger partial charge in [-0.1, -0.05) is 36.0 Å². The van der Waals surface area contributed by atoms with Crippen molar-refractivity contribution in [1.29, 1.82) is 0 Å². The number of benzene rings is 1. The smallest absolute Gasteiger partial charge is 0.372 e.